The van der Waals surface area contributed by atoms with Crippen molar-refractivity contribution >= 4 is 34.3 Å². The minimum Gasteiger partial charge on any atom is -0.493 e. The molecule has 7 nitrogen and oxygen atoms in total. The van der Waals surface area contributed by atoms with Crippen molar-refractivity contribution in [2.45, 2.75) is 6.92 Å². The number of halogens is 1. The summed E-state index contributed by atoms with van der Waals surface area (Å²) in [6.07, 6.45) is 1.69. The molecule has 1 amide bonds. The molecule has 0 unspecified atom stereocenters. The summed E-state index contributed by atoms with van der Waals surface area (Å²) >= 11 is 0. The van der Waals surface area contributed by atoms with Gasteiger partial charge in [0, 0.05) is 5.69 Å². The Bertz CT molecular complexity index is 1420. The fourth-order valence-electron chi connectivity index (χ4n) is 3.34. The second kappa shape index (κ2) is 9.88. The molecule has 0 fully saturated rings. The summed E-state index contributed by atoms with van der Waals surface area (Å²) in [6.45, 7) is 1.73. The van der Waals surface area contributed by atoms with Crippen LogP contribution in [0.3, 0.4) is 0 Å². The van der Waals surface area contributed by atoms with Gasteiger partial charge in [0.15, 0.2) is 18.1 Å². The number of aromatic nitrogens is 2. The molecule has 0 radical (unpaired) electrons. The second-order valence-corrected chi connectivity index (χ2v) is 7.53. The van der Waals surface area contributed by atoms with Crippen LogP contribution in [0.15, 0.2) is 60.7 Å². The number of allylic oxidation sites excluding steroid dienone is 1. The van der Waals surface area contributed by atoms with Gasteiger partial charge in [0.25, 0.3) is 5.91 Å². The number of imidazole rings is 1. The summed E-state index contributed by atoms with van der Waals surface area (Å²) in [5.41, 5.74) is 4.26. The standard InChI is InChI=1S/C26H21FN4O3/c1-16-3-9-21-22(11-16)31-26(30-21)18(14-28)12-17-4-10-23(24(13-17)33-2)34-15-25(32)29-20-7-5-19(27)6-8-20/h3-13H,15H2,1-2H3,(H,29,32)(H,30,31). The highest BCUT2D eigenvalue weighted by molar-refractivity contribution is 5.92. The molecule has 1 aromatic heterocycles. The summed E-state index contributed by atoms with van der Waals surface area (Å²) in [4.78, 5) is 19.8. The molecule has 0 bridgehead atoms. The molecule has 8 heteroatoms. The van der Waals surface area contributed by atoms with Gasteiger partial charge in [-0.25, -0.2) is 9.37 Å². The molecule has 0 atom stereocenters. The molecule has 3 aromatic carbocycles. The molecule has 0 saturated carbocycles. The fourth-order valence-corrected chi connectivity index (χ4v) is 3.34. The van der Waals surface area contributed by atoms with Gasteiger partial charge in [-0.15, -0.1) is 0 Å². The van der Waals surface area contributed by atoms with Crippen LogP contribution in [0.1, 0.15) is 17.0 Å². The van der Waals surface area contributed by atoms with Gasteiger partial charge in [-0.2, -0.15) is 5.26 Å². The van der Waals surface area contributed by atoms with E-state index in [2.05, 4.69) is 21.4 Å². The van der Waals surface area contributed by atoms with Crippen molar-refractivity contribution in [3.8, 4) is 17.6 Å². The highest BCUT2D eigenvalue weighted by Crippen LogP contribution is 2.30. The topological polar surface area (TPSA) is 100 Å². The summed E-state index contributed by atoms with van der Waals surface area (Å²) in [7, 11) is 1.49. The maximum atomic E-state index is 13.0. The van der Waals surface area contributed by atoms with Gasteiger partial charge >= 0.3 is 0 Å². The monoisotopic (exact) mass is 456 g/mol. The van der Waals surface area contributed by atoms with Crippen LogP contribution >= 0.6 is 0 Å². The lowest BCUT2D eigenvalue weighted by molar-refractivity contribution is -0.118. The SMILES string of the molecule is COc1cc(C=C(C#N)c2nc3ccc(C)cc3[nH]2)ccc1OCC(=O)Nc1ccc(F)cc1. The number of amides is 1. The van der Waals surface area contributed by atoms with E-state index >= 15 is 0 Å². The van der Waals surface area contributed by atoms with Crippen molar-refractivity contribution in [3.63, 3.8) is 0 Å². The second-order valence-electron chi connectivity index (χ2n) is 7.53. The van der Waals surface area contributed by atoms with E-state index in [1.54, 1.807) is 24.3 Å². The molecule has 0 aliphatic carbocycles. The van der Waals surface area contributed by atoms with Crippen molar-refractivity contribution in [1.29, 1.82) is 5.26 Å². The minimum atomic E-state index is -0.399. The highest BCUT2D eigenvalue weighted by Gasteiger charge is 2.11. The van der Waals surface area contributed by atoms with Crippen molar-refractivity contribution in [1.82, 2.24) is 9.97 Å². The largest absolute Gasteiger partial charge is 0.493 e. The predicted octanol–water partition coefficient (Wildman–Crippen LogP) is 5.10. The van der Waals surface area contributed by atoms with Crippen LogP contribution in [0.5, 0.6) is 11.5 Å². The van der Waals surface area contributed by atoms with Crippen LogP contribution in [0.25, 0.3) is 22.7 Å². The molecule has 4 aromatic rings. The van der Waals surface area contributed by atoms with Crippen molar-refractivity contribution < 1.29 is 18.7 Å². The molecule has 34 heavy (non-hydrogen) atoms. The average molecular weight is 456 g/mol. The number of aryl methyl sites for hydroxylation is 1. The minimum absolute atomic E-state index is 0.259. The number of benzene rings is 3. The molecule has 0 saturated heterocycles. The highest BCUT2D eigenvalue weighted by atomic mass is 19.1. The van der Waals surface area contributed by atoms with Gasteiger partial charge < -0.3 is 19.8 Å². The normalized spacial score (nSPS) is 11.2. The van der Waals surface area contributed by atoms with Crippen LogP contribution in [0, 0.1) is 24.1 Å². The van der Waals surface area contributed by atoms with Gasteiger partial charge in [-0.3, -0.25) is 4.79 Å². The van der Waals surface area contributed by atoms with E-state index in [1.807, 2.05) is 25.1 Å². The Balaban J connectivity index is 1.49. The molecule has 0 aliphatic rings. The zero-order chi connectivity index (χ0) is 24.1. The van der Waals surface area contributed by atoms with Crippen LogP contribution in [0.4, 0.5) is 10.1 Å². The summed E-state index contributed by atoms with van der Waals surface area (Å²) in [6, 6.07) is 18.6. The van der Waals surface area contributed by atoms with E-state index < -0.39 is 5.91 Å². The fraction of sp³-hybridized carbons (Fsp3) is 0.115. The number of ether oxygens (including phenoxy) is 2. The van der Waals surface area contributed by atoms with Crippen molar-refractivity contribution in [2.24, 2.45) is 0 Å². The van der Waals surface area contributed by atoms with E-state index in [1.165, 1.54) is 31.4 Å². The Kier molecular flexibility index (Phi) is 6.55. The number of nitrogens with one attached hydrogen (secondary N) is 2. The number of hydrogen-bond donors (Lipinski definition) is 2. The third-order valence-electron chi connectivity index (χ3n) is 5.00. The summed E-state index contributed by atoms with van der Waals surface area (Å²) < 4.78 is 24.0. The molecule has 170 valence electrons. The quantitative estimate of drug-likeness (QED) is 0.377. The lowest BCUT2D eigenvalue weighted by Crippen LogP contribution is -2.20. The first-order chi connectivity index (χ1) is 16.4. The van der Waals surface area contributed by atoms with Gasteiger partial charge in [0.05, 0.1) is 23.7 Å². The van der Waals surface area contributed by atoms with Crippen LogP contribution in [-0.4, -0.2) is 29.6 Å². The zero-order valence-electron chi connectivity index (χ0n) is 18.6. The maximum Gasteiger partial charge on any atom is 0.262 e. The van der Waals surface area contributed by atoms with Crippen molar-refractivity contribution in [2.75, 3.05) is 19.0 Å². The number of nitriles is 1. The number of methoxy groups -OCH3 is 1. The lowest BCUT2D eigenvalue weighted by atomic mass is 10.1. The number of nitrogens with zero attached hydrogens (tertiary/aromatic N) is 2. The molecular formula is C26H21FN4O3. The molecule has 1 heterocycles. The molecule has 0 spiro atoms. The van der Waals surface area contributed by atoms with Gasteiger partial charge in [-0.05, 0) is 72.7 Å². The Morgan fingerprint density at radius 1 is 1.15 bits per heavy atom. The number of anilines is 1. The third-order valence-corrected chi connectivity index (χ3v) is 5.00. The van der Waals surface area contributed by atoms with Gasteiger partial charge in [0.2, 0.25) is 0 Å². The van der Waals surface area contributed by atoms with Crippen LogP contribution < -0.4 is 14.8 Å². The maximum absolute atomic E-state index is 13.0. The Morgan fingerprint density at radius 3 is 2.68 bits per heavy atom. The number of fused-ring (bicyclic) bond motifs is 1. The molecule has 2 N–H and O–H groups in total. The Morgan fingerprint density at radius 2 is 1.94 bits per heavy atom. The molecular weight excluding hydrogens is 435 g/mol. The number of rotatable bonds is 7. The number of carbonyl (C=O) groups excluding carboxylic acids is 1. The number of hydrogen-bond acceptors (Lipinski definition) is 5. The molecule has 4 rings (SSSR count). The van der Waals surface area contributed by atoms with Gasteiger partial charge in [-0.1, -0.05) is 12.1 Å². The number of H-pyrrole nitrogens is 1. The summed E-state index contributed by atoms with van der Waals surface area (Å²) in [5, 5.41) is 12.3. The number of carbonyl (C=O) groups is 1. The van der Waals surface area contributed by atoms with E-state index in [4.69, 9.17) is 9.47 Å². The van der Waals surface area contributed by atoms with Crippen molar-refractivity contribution in [3.05, 3.63) is 83.4 Å². The average Bonchev–Trinajstić information content (AvgIpc) is 3.26. The number of aromatic amines is 1. The van der Waals surface area contributed by atoms with Crippen LogP contribution in [0.2, 0.25) is 0 Å². The van der Waals surface area contributed by atoms with E-state index in [0.717, 1.165) is 16.6 Å². The Hall–Kier alpha value is -4.64. The zero-order valence-corrected chi connectivity index (χ0v) is 18.6. The summed E-state index contributed by atoms with van der Waals surface area (Å²) in [5.74, 6) is 0.458. The first kappa shape index (κ1) is 22.6. The predicted molar refractivity (Wildman–Crippen MR) is 128 cm³/mol. The smallest absolute Gasteiger partial charge is 0.262 e. The van der Waals surface area contributed by atoms with Crippen LogP contribution in [-0.2, 0) is 4.79 Å². The first-order valence-electron chi connectivity index (χ1n) is 10.4. The van der Waals surface area contributed by atoms with E-state index in [9.17, 15) is 14.4 Å². The molecule has 0 aliphatic heterocycles. The van der Waals surface area contributed by atoms with Gasteiger partial charge in [0.1, 0.15) is 17.7 Å². The first-order valence-corrected chi connectivity index (χ1v) is 10.4. The van der Waals surface area contributed by atoms with E-state index in [-0.39, 0.29) is 12.4 Å². The third kappa shape index (κ3) is 5.22. The Labute approximate surface area is 195 Å². The van der Waals surface area contributed by atoms with E-state index in [0.29, 0.717) is 34.1 Å². The lowest BCUT2D eigenvalue weighted by Gasteiger charge is -2.11.